The van der Waals surface area contributed by atoms with Gasteiger partial charge in [-0.25, -0.2) is 8.42 Å². The summed E-state index contributed by atoms with van der Waals surface area (Å²) in [6.45, 7) is 5.45. The molecule has 0 aliphatic heterocycles. The Morgan fingerprint density at radius 2 is 1.55 bits per heavy atom. The second kappa shape index (κ2) is 10.9. The summed E-state index contributed by atoms with van der Waals surface area (Å²) in [6, 6.07) is 18.4. The SMILES string of the molecule is CCCCc1ccc(N(C(=O)COc2c(C)cccc2C)S(=O)(=O)c2ccc(Cl)cc2)cc1. The number of rotatable bonds is 9. The molecule has 0 aliphatic rings. The number of benzene rings is 3. The molecule has 0 heterocycles. The Kier molecular flexibility index (Phi) is 8.16. The van der Waals surface area contributed by atoms with Gasteiger partial charge in [-0.1, -0.05) is 55.3 Å². The highest BCUT2D eigenvalue weighted by Gasteiger charge is 2.31. The van der Waals surface area contributed by atoms with Crippen molar-refractivity contribution < 1.29 is 17.9 Å². The van der Waals surface area contributed by atoms with Gasteiger partial charge in [0.05, 0.1) is 10.6 Å². The van der Waals surface area contributed by atoms with Crippen molar-refractivity contribution in [1.82, 2.24) is 0 Å². The molecule has 1 amide bonds. The highest BCUT2D eigenvalue weighted by atomic mass is 35.5. The van der Waals surface area contributed by atoms with Crippen molar-refractivity contribution >= 4 is 33.2 Å². The van der Waals surface area contributed by atoms with Gasteiger partial charge in [-0.3, -0.25) is 4.79 Å². The fourth-order valence-corrected chi connectivity index (χ4v) is 5.06. The summed E-state index contributed by atoms with van der Waals surface area (Å²) in [5.74, 6) is -0.112. The Balaban J connectivity index is 1.95. The standard InChI is InChI=1S/C26H28ClNO4S/c1-4-5-9-21-10-14-23(15-11-21)28(33(30,31)24-16-12-22(27)13-17-24)25(29)18-32-26-19(2)7-6-8-20(26)3/h6-8,10-17H,4-5,9,18H2,1-3H3. The van der Waals surface area contributed by atoms with Gasteiger partial charge in [0.25, 0.3) is 15.9 Å². The van der Waals surface area contributed by atoms with Crippen molar-refractivity contribution in [2.45, 2.75) is 44.9 Å². The van der Waals surface area contributed by atoms with Crippen molar-refractivity contribution in [1.29, 1.82) is 0 Å². The number of sulfonamides is 1. The zero-order valence-corrected chi connectivity index (χ0v) is 20.6. The number of carbonyl (C=O) groups excluding carboxylic acids is 1. The molecule has 0 aliphatic carbocycles. The van der Waals surface area contributed by atoms with E-state index in [9.17, 15) is 13.2 Å². The quantitative estimate of drug-likeness (QED) is 0.367. The molecule has 5 nitrogen and oxygen atoms in total. The molecular formula is C26H28ClNO4S. The number of carbonyl (C=O) groups is 1. The molecule has 0 spiro atoms. The zero-order valence-electron chi connectivity index (χ0n) is 19.0. The molecule has 0 radical (unpaired) electrons. The van der Waals surface area contributed by atoms with Gasteiger partial charge < -0.3 is 4.74 Å². The summed E-state index contributed by atoms with van der Waals surface area (Å²) in [5.41, 5.74) is 3.09. The Bertz CT molecular complexity index is 1190. The van der Waals surface area contributed by atoms with Gasteiger partial charge in [0, 0.05) is 5.02 Å². The van der Waals surface area contributed by atoms with Crippen LogP contribution in [0, 0.1) is 13.8 Å². The van der Waals surface area contributed by atoms with Crippen LogP contribution in [0.4, 0.5) is 5.69 Å². The van der Waals surface area contributed by atoms with Crippen LogP contribution in [0.1, 0.15) is 36.5 Å². The maximum Gasteiger partial charge on any atom is 0.278 e. The lowest BCUT2D eigenvalue weighted by Gasteiger charge is -2.23. The Labute approximate surface area is 201 Å². The van der Waals surface area contributed by atoms with Crippen LogP contribution < -0.4 is 9.04 Å². The van der Waals surface area contributed by atoms with Gasteiger partial charge in [0.1, 0.15) is 5.75 Å². The first-order valence-electron chi connectivity index (χ1n) is 10.9. The van der Waals surface area contributed by atoms with Crippen LogP contribution in [0.2, 0.25) is 5.02 Å². The van der Waals surface area contributed by atoms with E-state index in [1.54, 1.807) is 12.1 Å². The van der Waals surface area contributed by atoms with Crippen molar-refractivity contribution in [3.8, 4) is 5.75 Å². The molecule has 0 N–H and O–H groups in total. The van der Waals surface area contributed by atoms with Crippen LogP contribution in [-0.2, 0) is 21.2 Å². The first-order chi connectivity index (χ1) is 15.7. The van der Waals surface area contributed by atoms with Gasteiger partial charge in [-0.2, -0.15) is 4.31 Å². The average molecular weight is 486 g/mol. The zero-order chi connectivity index (χ0) is 24.0. The second-order valence-corrected chi connectivity index (χ2v) is 10.1. The van der Waals surface area contributed by atoms with Crippen molar-refractivity contribution in [3.05, 3.63) is 88.4 Å². The number of amides is 1. The third-order valence-corrected chi connectivity index (χ3v) is 7.33. The third kappa shape index (κ3) is 5.95. The molecule has 7 heteroatoms. The van der Waals surface area contributed by atoms with Crippen molar-refractivity contribution in [3.63, 3.8) is 0 Å². The molecule has 3 rings (SSSR count). The molecule has 3 aromatic carbocycles. The fraction of sp³-hybridized carbons (Fsp3) is 0.269. The third-order valence-electron chi connectivity index (χ3n) is 5.32. The van der Waals surface area contributed by atoms with Gasteiger partial charge >= 0.3 is 0 Å². The normalized spacial score (nSPS) is 11.3. The van der Waals surface area contributed by atoms with E-state index >= 15 is 0 Å². The first kappa shape index (κ1) is 24.8. The first-order valence-corrected chi connectivity index (χ1v) is 12.7. The minimum absolute atomic E-state index is 0.0256. The number of nitrogens with zero attached hydrogens (tertiary/aromatic N) is 1. The van der Waals surface area contributed by atoms with E-state index in [4.69, 9.17) is 16.3 Å². The molecule has 0 atom stereocenters. The number of aryl methyl sites for hydroxylation is 3. The largest absolute Gasteiger partial charge is 0.483 e. The molecule has 0 aromatic heterocycles. The smallest absolute Gasteiger partial charge is 0.278 e. The van der Waals surface area contributed by atoms with Gasteiger partial charge in [0.2, 0.25) is 0 Å². The van der Waals surface area contributed by atoms with E-state index in [2.05, 4.69) is 6.92 Å². The molecule has 3 aromatic rings. The summed E-state index contributed by atoms with van der Waals surface area (Å²) in [4.78, 5) is 13.3. The predicted molar refractivity (Wildman–Crippen MR) is 133 cm³/mol. The molecule has 0 bridgehead atoms. The topological polar surface area (TPSA) is 63.7 Å². The van der Waals surface area contributed by atoms with E-state index in [1.807, 2.05) is 44.2 Å². The Morgan fingerprint density at radius 1 is 0.939 bits per heavy atom. The van der Waals surface area contributed by atoms with Crippen molar-refractivity contribution in [2.75, 3.05) is 10.9 Å². The van der Waals surface area contributed by atoms with Crippen LogP contribution in [0.15, 0.2) is 71.6 Å². The molecule has 0 saturated heterocycles. The number of anilines is 1. The lowest BCUT2D eigenvalue weighted by atomic mass is 10.1. The van der Waals surface area contributed by atoms with E-state index in [0.29, 0.717) is 10.8 Å². The highest BCUT2D eigenvalue weighted by Crippen LogP contribution is 2.27. The average Bonchev–Trinajstić information content (AvgIpc) is 2.78. The number of halogens is 1. The summed E-state index contributed by atoms with van der Waals surface area (Å²) in [6.07, 6.45) is 2.99. The summed E-state index contributed by atoms with van der Waals surface area (Å²) >= 11 is 5.93. The number of ether oxygens (including phenoxy) is 1. The van der Waals surface area contributed by atoms with Crippen LogP contribution in [0.5, 0.6) is 5.75 Å². The summed E-state index contributed by atoms with van der Waals surface area (Å²) in [7, 11) is -4.18. The van der Waals surface area contributed by atoms with Crippen molar-refractivity contribution in [2.24, 2.45) is 0 Å². The van der Waals surface area contributed by atoms with E-state index in [-0.39, 0.29) is 10.6 Å². The minimum atomic E-state index is -4.18. The number of hydrogen-bond donors (Lipinski definition) is 0. The van der Waals surface area contributed by atoms with Crippen LogP contribution in [-0.4, -0.2) is 20.9 Å². The van der Waals surface area contributed by atoms with Gasteiger partial charge in [-0.05, 0) is 79.8 Å². The maximum absolute atomic E-state index is 13.5. The number of unbranched alkanes of at least 4 members (excludes halogenated alkanes) is 1. The highest BCUT2D eigenvalue weighted by molar-refractivity contribution is 7.93. The Morgan fingerprint density at radius 3 is 2.12 bits per heavy atom. The molecule has 33 heavy (non-hydrogen) atoms. The van der Waals surface area contributed by atoms with Crippen LogP contribution in [0.25, 0.3) is 0 Å². The fourth-order valence-electron chi connectivity index (χ4n) is 3.53. The van der Waals surface area contributed by atoms with E-state index in [0.717, 1.165) is 40.3 Å². The molecule has 0 saturated carbocycles. The summed E-state index contributed by atoms with van der Waals surface area (Å²) < 4.78 is 33.6. The van der Waals surface area contributed by atoms with Gasteiger partial charge in [-0.15, -0.1) is 0 Å². The number of hydrogen-bond acceptors (Lipinski definition) is 4. The lowest BCUT2D eigenvalue weighted by Crippen LogP contribution is -2.40. The second-order valence-electron chi connectivity index (χ2n) is 7.90. The monoisotopic (exact) mass is 485 g/mol. The Hall–Kier alpha value is -2.83. The van der Waals surface area contributed by atoms with E-state index in [1.165, 1.54) is 24.3 Å². The molecule has 0 fully saturated rings. The lowest BCUT2D eigenvalue weighted by molar-refractivity contribution is -0.119. The van der Waals surface area contributed by atoms with E-state index < -0.39 is 22.5 Å². The minimum Gasteiger partial charge on any atom is -0.483 e. The van der Waals surface area contributed by atoms with Crippen LogP contribution >= 0.6 is 11.6 Å². The maximum atomic E-state index is 13.5. The molecule has 174 valence electrons. The summed E-state index contributed by atoms with van der Waals surface area (Å²) in [5, 5.41) is 0.408. The molecular weight excluding hydrogens is 458 g/mol. The number of para-hydroxylation sites is 1. The van der Waals surface area contributed by atoms with Crippen LogP contribution in [0.3, 0.4) is 0 Å². The predicted octanol–water partition coefficient (Wildman–Crippen LogP) is 6.10. The molecule has 0 unspecified atom stereocenters. The van der Waals surface area contributed by atoms with Gasteiger partial charge in [0.15, 0.2) is 6.61 Å².